The lowest BCUT2D eigenvalue weighted by atomic mass is 10.2. The van der Waals surface area contributed by atoms with Crippen LogP contribution in [0.5, 0.6) is 0 Å². The third-order valence-corrected chi connectivity index (χ3v) is 3.19. The maximum atomic E-state index is 12.2. The van der Waals surface area contributed by atoms with Crippen molar-refractivity contribution in [2.24, 2.45) is 0 Å². The molecule has 0 spiro atoms. The Morgan fingerprint density at radius 3 is 3.14 bits per heavy atom. The zero-order valence-corrected chi connectivity index (χ0v) is 11.7. The van der Waals surface area contributed by atoms with E-state index in [1.54, 1.807) is 16.8 Å². The minimum absolute atomic E-state index is 0.197. The van der Waals surface area contributed by atoms with Crippen LogP contribution in [0.3, 0.4) is 0 Å². The largest absolute Gasteiger partial charge is 0.359 e. The Balaban J connectivity index is 1.70. The van der Waals surface area contributed by atoms with Gasteiger partial charge in [0, 0.05) is 6.07 Å². The van der Waals surface area contributed by atoms with Crippen LogP contribution in [-0.2, 0) is 13.0 Å². The fourth-order valence-corrected chi connectivity index (χ4v) is 2.19. The Kier molecular flexibility index (Phi) is 3.68. The summed E-state index contributed by atoms with van der Waals surface area (Å²) < 4.78 is 6.80. The van der Waals surface area contributed by atoms with Gasteiger partial charge in [-0.2, -0.15) is 5.10 Å². The van der Waals surface area contributed by atoms with Crippen molar-refractivity contribution in [3.63, 3.8) is 0 Å². The molecule has 0 saturated carbocycles. The van der Waals surface area contributed by atoms with Gasteiger partial charge in [0.05, 0.1) is 24.0 Å². The topological polar surface area (TPSA) is 72.4 Å². The van der Waals surface area contributed by atoms with Gasteiger partial charge in [0.15, 0.2) is 5.76 Å². The van der Waals surface area contributed by atoms with E-state index in [2.05, 4.69) is 22.5 Å². The highest BCUT2D eigenvalue weighted by molar-refractivity contribution is 5.93. The van der Waals surface area contributed by atoms with Crippen molar-refractivity contribution in [1.82, 2.24) is 20.1 Å². The second-order valence-electron chi connectivity index (χ2n) is 4.80. The summed E-state index contributed by atoms with van der Waals surface area (Å²) in [5, 5.41) is 10.9. The van der Waals surface area contributed by atoms with Gasteiger partial charge in [0.2, 0.25) is 0 Å². The Morgan fingerprint density at radius 2 is 2.29 bits per heavy atom. The first-order chi connectivity index (χ1) is 10.3. The van der Waals surface area contributed by atoms with Crippen molar-refractivity contribution in [3.05, 3.63) is 53.7 Å². The summed E-state index contributed by atoms with van der Waals surface area (Å²) in [6, 6.07) is 9.19. The summed E-state index contributed by atoms with van der Waals surface area (Å²) in [5.41, 5.74) is 2.29. The molecule has 1 amide bonds. The molecule has 6 heteroatoms. The minimum atomic E-state index is -0.197. The van der Waals surface area contributed by atoms with Crippen LogP contribution in [0.1, 0.15) is 35.3 Å². The average molecular weight is 284 g/mol. The van der Waals surface area contributed by atoms with Crippen LogP contribution < -0.4 is 5.32 Å². The van der Waals surface area contributed by atoms with E-state index in [9.17, 15) is 4.79 Å². The van der Waals surface area contributed by atoms with Gasteiger partial charge in [-0.15, -0.1) is 0 Å². The molecular weight excluding hydrogens is 268 g/mol. The quantitative estimate of drug-likeness (QED) is 0.779. The van der Waals surface area contributed by atoms with Crippen molar-refractivity contribution in [1.29, 1.82) is 0 Å². The summed E-state index contributed by atoms with van der Waals surface area (Å²) in [5.74, 6) is 0.456. The molecule has 0 atom stereocenters. The molecule has 0 aliphatic carbocycles. The van der Waals surface area contributed by atoms with Crippen molar-refractivity contribution >= 4 is 11.4 Å². The molecule has 6 nitrogen and oxygen atoms in total. The molecule has 108 valence electrons. The number of nitrogens with one attached hydrogen (secondary N) is 1. The second-order valence-corrected chi connectivity index (χ2v) is 4.80. The molecule has 0 saturated heterocycles. The molecule has 3 aromatic rings. The molecule has 0 unspecified atom stereocenters. The molecule has 0 radical (unpaired) electrons. The lowest BCUT2D eigenvalue weighted by Crippen LogP contribution is -2.25. The molecule has 0 aliphatic heterocycles. The van der Waals surface area contributed by atoms with Gasteiger partial charge in [0.1, 0.15) is 5.69 Å². The van der Waals surface area contributed by atoms with Crippen LogP contribution in [0, 0.1) is 0 Å². The van der Waals surface area contributed by atoms with Crippen molar-refractivity contribution in [3.8, 4) is 0 Å². The molecule has 1 N–H and O–H groups in total. The number of carbonyl (C=O) groups excluding carboxylic acids is 1. The molecule has 0 bridgehead atoms. The van der Waals surface area contributed by atoms with Crippen molar-refractivity contribution in [2.75, 3.05) is 0 Å². The second kappa shape index (κ2) is 5.78. The monoisotopic (exact) mass is 284 g/mol. The molecule has 21 heavy (non-hydrogen) atoms. The van der Waals surface area contributed by atoms with E-state index in [4.69, 9.17) is 4.52 Å². The summed E-state index contributed by atoms with van der Waals surface area (Å²) >= 11 is 0. The SMILES string of the molecule is CCCc1cc(CNC(=O)c2cccc3ccnn23)on1. The van der Waals surface area contributed by atoms with Crippen LogP contribution in [0.2, 0.25) is 0 Å². The minimum Gasteiger partial charge on any atom is -0.359 e. The van der Waals surface area contributed by atoms with Crippen LogP contribution in [-0.4, -0.2) is 20.7 Å². The first kappa shape index (κ1) is 13.4. The number of rotatable bonds is 5. The fraction of sp³-hybridized carbons (Fsp3) is 0.267. The number of hydrogen-bond donors (Lipinski definition) is 1. The number of fused-ring (bicyclic) bond motifs is 1. The van der Waals surface area contributed by atoms with Crippen molar-refractivity contribution in [2.45, 2.75) is 26.3 Å². The molecule has 0 fully saturated rings. The third kappa shape index (κ3) is 2.79. The van der Waals surface area contributed by atoms with Gasteiger partial charge in [-0.3, -0.25) is 4.79 Å². The van der Waals surface area contributed by atoms with Gasteiger partial charge in [-0.1, -0.05) is 24.6 Å². The Morgan fingerprint density at radius 1 is 1.38 bits per heavy atom. The van der Waals surface area contributed by atoms with Crippen LogP contribution in [0.25, 0.3) is 5.52 Å². The molecule has 3 heterocycles. The summed E-state index contributed by atoms with van der Waals surface area (Å²) in [6.07, 6.45) is 3.56. The number of hydrogen-bond acceptors (Lipinski definition) is 4. The van der Waals surface area contributed by atoms with Crippen LogP contribution >= 0.6 is 0 Å². The zero-order valence-electron chi connectivity index (χ0n) is 11.7. The summed E-state index contributed by atoms with van der Waals surface area (Å²) in [4.78, 5) is 12.2. The van der Waals surface area contributed by atoms with E-state index in [0.29, 0.717) is 18.0 Å². The van der Waals surface area contributed by atoms with E-state index in [1.807, 2.05) is 24.3 Å². The lowest BCUT2D eigenvalue weighted by Gasteiger charge is -2.05. The van der Waals surface area contributed by atoms with E-state index >= 15 is 0 Å². The predicted molar refractivity (Wildman–Crippen MR) is 76.9 cm³/mol. The van der Waals surface area contributed by atoms with Gasteiger partial charge >= 0.3 is 0 Å². The van der Waals surface area contributed by atoms with Gasteiger partial charge < -0.3 is 9.84 Å². The smallest absolute Gasteiger partial charge is 0.270 e. The van der Waals surface area contributed by atoms with E-state index in [0.717, 1.165) is 24.1 Å². The van der Waals surface area contributed by atoms with Crippen LogP contribution in [0.4, 0.5) is 0 Å². The number of aryl methyl sites for hydroxylation is 1. The summed E-state index contributed by atoms with van der Waals surface area (Å²) in [6.45, 7) is 2.40. The molecule has 0 aliphatic rings. The molecule has 0 aromatic carbocycles. The predicted octanol–water partition coefficient (Wildman–Crippen LogP) is 2.20. The highest BCUT2D eigenvalue weighted by atomic mass is 16.5. The fourth-order valence-electron chi connectivity index (χ4n) is 2.19. The Bertz CT molecular complexity index is 760. The maximum absolute atomic E-state index is 12.2. The van der Waals surface area contributed by atoms with E-state index in [-0.39, 0.29) is 5.91 Å². The highest BCUT2D eigenvalue weighted by Crippen LogP contribution is 2.08. The van der Waals surface area contributed by atoms with Crippen LogP contribution in [0.15, 0.2) is 41.1 Å². The van der Waals surface area contributed by atoms with Crippen molar-refractivity contribution < 1.29 is 9.32 Å². The van der Waals surface area contributed by atoms with Gasteiger partial charge in [0.25, 0.3) is 5.91 Å². The first-order valence-electron chi connectivity index (χ1n) is 6.93. The Labute approximate surface area is 121 Å². The van der Waals surface area contributed by atoms with Gasteiger partial charge in [-0.25, -0.2) is 4.52 Å². The van der Waals surface area contributed by atoms with Gasteiger partial charge in [-0.05, 0) is 24.6 Å². The summed E-state index contributed by atoms with van der Waals surface area (Å²) in [7, 11) is 0. The first-order valence-corrected chi connectivity index (χ1v) is 6.93. The number of pyridine rings is 1. The zero-order chi connectivity index (χ0) is 14.7. The van der Waals surface area contributed by atoms with E-state index < -0.39 is 0 Å². The molecule has 3 aromatic heterocycles. The van der Waals surface area contributed by atoms with E-state index in [1.165, 1.54) is 0 Å². The number of amides is 1. The highest BCUT2D eigenvalue weighted by Gasteiger charge is 2.11. The number of carbonyl (C=O) groups is 1. The standard InChI is InChI=1S/C15H16N4O2/c1-2-4-11-9-13(21-18-11)10-16-15(20)14-6-3-5-12-7-8-17-19(12)14/h3,5-9H,2,4,10H2,1H3,(H,16,20). The normalized spacial score (nSPS) is 10.9. The Hall–Kier alpha value is -2.63. The molecule has 3 rings (SSSR count). The lowest BCUT2D eigenvalue weighted by molar-refractivity contribution is 0.0939. The number of nitrogens with zero attached hydrogens (tertiary/aromatic N) is 3. The number of aromatic nitrogens is 3. The molecular formula is C15H16N4O2. The maximum Gasteiger partial charge on any atom is 0.270 e. The average Bonchev–Trinajstić information content (AvgIpc) is 3.13. The third-order valence-electron chi connectivity index (χ3n) is 3.19.